The van der Waals surface area contributed by atoms with Crippen LogP contribution in [0.4, 0.5) is 0 Å². The van der Waals surface area contributed by atoms with Gasteiger partial charge in [-0.05, 0) is 19.4 Å². The lowest BCUT2D eigenvalue weighted by Crippen LogP contribution is -2.48. The van der Waals surface area contributed by atoms with Crippen LogP contribution in [0.25, 0.3) is 0 Å². The Labute approximate surface area is 144 Å². The zero-order valence-electron chi connectivity index (χ0n) is 12.9. The molecule has 24 heavy (non-hydrogen) atoms. The first-order valence-corrected chi connectivity index (χ1v) is 6.84. The van der Waals surface area contributed by atoms with Gasteiger partial charge in [0.2, 0.25) is 0 Å². The van der Waals surface area contributed by atoms with Crippen molar-refractivity contribution in [2.24, 2.45) is 11.5 Å². The van der Waals surface area contributed by atoms with Crippen LogP contribution in [0.1, 0.15) is 19.3 Å². The number of rotatable bonds is 10. The molecule has 5 unspecified atom stereocenters. The van der Waals surface area contributed by atoms with E-state index in [1.165, 1.54) is 0 Å². The van der Waals surface area contributed by atoms with Gasteiger partial charge in [0, 0.05) is 0 Å². The first-order valence-electron chi connectivity index (χ1n) is 6.84. The van der Waals surface area contributed by atoms with Crippen molar-refractivity contribution in [2.45, 2.75) is 49.7 Å². The minimum Gasteiger partial charge on any atom is -0.480 e. The van der Waals surface area contributed by atoms with Crippen LogP contribution in [-0.4, -0.2) is 91.3 Å². The van der Waals surface area contributed by atoms with Gasteiger partial charge in [-0.1, -0.05) is 6.42 Å². The number of unbranched alkanes of at least 4 members (excludes halogenated alkanes) is 1. The van der Waals surface area contributed by atoms with Crippen LogP contribution in [0.5, 0.6) is 0 Å². The van der Waals surface area contributed by atoms with Gasteiger partial charge >= 0.3 is 11.9 Å². The summed E-state index contributed by atoms with van der Waals surface area (Å²) in [4.78, 5) is 20.2. The fourth-order valence-electron chi connectivity index (χ4n) is 1.30. The molecule has 0 aromatic carbocycles. The fraction of sp³-hybridized carbons (Fsp3) is 0.833. The highest BCUT2D eigenvalue weighted by Crippen LogP contribution is 2.04. The number of aliphatic carboxylic acids is 2. The van der Waals surface area contributed by atoms with Crippen LogP contribution in [0.2, 0.25) is 0 Å². The summed E-state index contributed by atoms with van der Waals surface area (Å²) in [5.41, 5.74) is 10.4. The minimum atomic E-state index is -2.20. The van der Waals surface area contributed by atoms with Gasteiger partial charge in [0.05, 0.1) is 6.61 Å². The van der Waals surface area contributed by atoms with E-state index in [0.717, 1.165) is 12.8 Å². The SMILES string of the molecule is Cl.NCCCCC(N)C(=O)O.O=C(O)C(O)C(O)C(O)C(O)CO. The summed E-state index contributed by atoms with van der Waals surface area (Å²) in [5, 5.41) is 60.1. The molecule has 146 valence electrons. The van der Waals surface area contributed by atoms with Crippen molar-refractivity contribution in [2.75, 3.05) is 13.2 Å². The van der Waals surface area contributed by atoms with E-state index in [1.54, 1.807) is 0 Å². The van der Waals surface area contributed by atoms with Crippen molar-refractivity contribution in [1.82, 2.24) is 0 Å². The smallest absolute Gasteiger partial charge is 0.335 e. The molecule has 11 N–H and O–H groups in total. The summed E-state index contributed by atoms with van der Waals surface area (Å²) < 4.78 is 0. The van der Waals surface area contributed by atoms with Gasteiger partial charge in [-0.2, -0.15) is 0 Å². The summed E-state index contributed by atoms with van der Waals surface area (Å²) >= 11 is 0. The Morgan fingerprint density at radius 3 is 1.75 bits per heavy atom. The molecule has 0 aromatic heterocycles. The van der Waals surface area contributed by atoms with Crippen LogP contribution in [0.3, 0.4) is 0 Å². The Hall–Kier alpha value is -1.05. The maximum atomic E-state index is 10.1. The molecule has 0 amide bonds. The van der Waals surface area contributed by atoms with Gasteiger partial charge < -0.3 is 47.2 Å². The van der Waals surface area contributed by atoms with Crippen molar-refractivity contribution in [3.05, 3.63) is 0 Å². The Balaban J connectivity index is -0.000000364. The third-order valence-electron chi connectivity index (χ3n) is 2.79. The van der Waals surface area contributed by atoms with Crippen molar-refractivity contribution in [3.63, 3.8) is 0 Å². The van der Waals surface area contributed by atoms with E-state index >= 15 is 0 Å². The third-order valence-corrected chi connectivity index (χ3v) is 2.79. The van der Waals surface area contributed by atoms with Crippen LogP contribution in [0, 0.1) is 0 Å². The van der Waals surface area contributed by atoms with Gasteiger partial charge in [-0.15, -0.1) is 12.4 Å². The molecule has 5 atom stereocenters. The molecule has 0 bridgehead atoms. The lowest BCUT2D eigenvalue weighted by molar-refractivity contribution is -0.164. The first-order chi connectivity index (χ1) is 10.6. The molecule has 12 heteroatoms. The second-order valence-electron chi connectivity index (χ2n) is 4.74. The Morgan fingerprint density at radius 1 is 0.917 bits per heavy atom. The first kappa shape index (κ1) is 27.8. The van der Waals surface area contributed by atoms with Crippen molar-refractivity contribution < 1.29 is 45.3 Å². The Bertz CT molecular complexity index is 348. The highest BCUT2D eigenvalue weighted by atomic mass is 35.5. The van der Waals surface area contributed by atoms with E-state index in [2.05, 4.69) is 0 Å². The second kappa shape index (κ2) is 15.5. The molecule has 0 rings (SSSR count). The number of halogens is 1. The standard InChI is InChI=1S/C6H14N2O2.C6H12O7.ClH/c7-4-2-1-3-5(8)6(9)10;7-1-2(8)3(9)4(10)5(11)6(12)13;/h5H,1-4,7-8H2,(H,9,10);2-5,7-11H,1H2,(H,12,13);1H. The largest absolute Gasteiger partial charge is 0.480 e. The zero-order chi connectivity index (χ0) is 18.6. The quantitative estimate of drug-likeness (QED) is 0.169. The van der Waals surface area contributed by atoms with E-state index in [9.17, 15) is 9.59 Å². The average Bonchev–Trinajstić information content (AvgIpc) is 2.52. The zero-order valence-corrected chi connectivity index (χ0v) is 13.7. The molecule has 0 aliphatic heterocycles. The maximum absolute atomic E-state index is 10.1. The Kier molecular flexibility index (Phi) is 17.9. The number of carboxylic acid groups (broad SMARTS) is 2. The highest BCUT2D eigenvalue weighted by Gasteiger charge is 2.33. The van der Waals surface area contributed by atoms with Gasteiger partial charge in [-0.3, -0.25) is 4.79 Å². The van der Waals surface area contributed by atoms with E-state index in [0.29, 0.717) is 13.0 Å². The van der Waals surface area contributed by atoms with Gasteiger partial charge in [0.25, 0.3) is 0 Å². The molecule has 0 aliphatic rings. The molecule has 0 spiro atoms. The summed E-state index contributed by atoms with van der Waals surface area (Å²) in [7, 11) is 0. The molecule has 0 saturated heterocycles. The molecule has 11 nitrogen and oxygen atoms in total. The fourth-order valence-corrected chi connectivity index (χ4v) is 1.30. The number of nitrogens with two attached hydrogens (primary N) is 2. The topological polar surface area (TPSA) is 228 Å². The van der Waals surface area contributed by atoms with Crippen LogP contribution in [0.15, 0.2) is 0 Å². The van der Waals surface area contributed by atoms with Crippen molar-refractivity contribution >= 4 is 24.3 Å². The number of aliphatic hydroxyl groups is 5. The van der Waals surface area contributed by atoms with Gasteiger partial charge in [0.1, 0.15) is 24.4 Å². The molecular formula is C12H27ClN2O9. The van der Waals surface area contributed by atoms with Crippen LogP contribution in [-0.2, 0) is 9.59 Å². The molecular weight excluding hydrogens is 352 g/mol. The number of aliphatic hydroxyl groups excluding tert-OH is 5. The Morgan fingerprint density at radius 2 is 1.42 bits per heavy atom. The molecule has 0 saturated carbocycles. The van der Waals surface area contributed by atoms with Gasteiger partial charge in [-0.25, -0.2) is 4.79 Å². The van der Waals surface area contributed by atoms with Crippen molar-refractivity contribution in [1.29, 1.82) is 0 Å². The second-order valence-corrected chi connectivity index (χ2v) is 4.74. The molecule has 0 aliphatic carbocycles. The van der Waals surface area contributed by atoms with E-state index in [4.69, 9.17) is 47.2 Å². The number of carboxylic acids is 2. The molecule has 0 fully saturated rings. The molecule has 0 radical (unpaired) electrons. The predicted octanol–water partition coefficient (Wildman–Crippen LogP) is -3.54. The monoisotopic (exact) mass is 378 g/mol. The molecule has 0 aromatic rings. The maximum Gasteiger partial charge on any atom is 0.335 e. The molecule has 0 heterocycles. The van der Waals surface area contributed by atoms with E-state index < -0.39 is 49.0 Å². The van der Waals surface area contributed by atoms with Gasteiger partial charge in [0.15, 0.2) is 6.10 Å². The lowest BCUT2D eigenvalue weighted by atomic mass is 10.0. The normalized spacial score (nSPS) is 16.5. The minimum absolute atomic E-state index is 0. The van der Waals surface area contributed by atoms with Crippen LogP contribution >= 0.6 is 12.4 Å². The van der Waals surface area contributed by atoms with E-state index in [-0.39, 0.29) is 12.4 Å². The summed E-state index contributed by atoms with van der Waals surface area (Å²) in [6.45, 7) is -0.239. The van der Waals surface area contributed by atoms with E-state index in [1.807, 2.05) is 0 Å². The number of hydrogen-bond donors (Lipinski definition) is 9. The van der Waals surface area contributed by atoms with Crippen molar-refractivity contribution in [3.8, 4) is 0 Å². The summed E-state index contributed by atoms with van der Waals surface area (Å²) in [6, 6.07) is -0.716. The van der Waals surface area contributed by atoms with Crippen LogP contribution < -0.4 is 11.5 Å². The number of carbonyl (C=O) groups is 2. The lowest BCUT2D eigenvalue weighted by Gasteiger charge is -2.23. The predicted molar refractivity (Wildman–Crippen MR) is 84.5 cm³/mol. The number of hydrogen-bond acceptors (Lipinski definition) is 9. The summed E-state index contributed by atoms with van der Waals surface area (Å²) in [5.74, 6) is -2.66. The summed E-state index contributed by atoms with van der Waals surface area (Å²) in [6.07, 6.45) is -5.67. The highest BCUT2D eigenvalue weighted by molar-refractivity contribution is 5.85. The average molecular weight is 379 g/mol. The third kappa shape index (κ3) is 12.4.